The lowest BCUT2D eigenvalue weighted by atomic mass is 10.0. The van der Waals surface area contributed by atoms with E-state index in [9.17, 15) is 5.11 Å². The third-order valence-electron chi connectivity index (χ3n) is 4.10. The van der Waals surface area contributed by atoms with E-state index in [-0.39, 0.29) is 6.10 Å². The molecule has 126 valence electrons. The first-order valence-electron chi connectivity index (χ1n) is 7.96. The predicted molar refractivity (Wildman–Crippen MR) is 84.5 cm³/mol. The molecule has 5 heteroatoms. The minimum absolute atomic E-state index is 0.349. The summed E-state index contributed by atoms with van der Waals surface area (Å²) in [7, 11) is 0. The molecule has 0 saturated carbocycles. The number of hydrogen-bond donors (Lipinski definition) is 1. The molecule has 5 nitrogen and oxygen atoms in total. The first-order chi connectivity index (χ1) is 11.0. The summed E-state index contributed by atoms with van der Waals surface area (Å²) in [4.78, 5) is 0. The third kappa shape index (κ3) is 3.65. The monoisotopic (exact) mass is 320 g/mol. The zero-order valence-electron chi connectivity index (χ0n) is 13.6. The smallest absolute Gasteiger partial charge is 0.190 e. The molecule has 2 heterocycles. The second-order valence-corrected chi connectivity index (χ2v) is 6.42. The van der Waals surface area contributed by atoms with Crippen LogP contribution in [0.3, 0.4) is 0 Å². The zero-order chi connectivity index (χ0) is 16.4. The van der Waals surface area contributed by atoms with Gasteiger partial charge in [0.2, 0.25) is 0 Å². The van der Waals surface area contributed by atoms with Gasteiger partial charge in [-0.3, -0.25) is 0 Å². The molecule has 1 aromatic carbocycles. The molecule has 1 aromatic rings. The van der Waals surface area contributed by atoms with Gasteiger partial charge in [0, 0.05) is 0 Å². The van der Waals surface area contributed by atoms with Crippen molar-refractivity contribution in [1.82, 2.24) is 0 Å². The van der Waals surface area contributed by atoms with Gasteiger partial charge in [-0.1, -0.05) is 36.4 Å². The van der Waals surface area contributed by atoms with E-state index in [1.807, 2.05) is 44.2 Å². The molecule has 0 spiro atoms. The quantitative estimate of drug-likeness (QED) is 0.816. The van der Waals surface area contributed by atoms with Crippen molar-refractivity contribution >= 4 is 0 Å². The average molecular weight is 320 g/mol. The van der Waals surface area contributed by atoms with Crippen LogP contribution in [-0.2, 0) is 25.6 Å². The second kappa shape index (κ2) is 6.71. The fourth-order valence-corrected chi connectivity index (χ4v) is 3.08. The minimum Gasteiger partial charge on any atom is -0.390 e. The minimum atomic E-state index is -0.710. The normalized spacial score (nSPS) is 33.3. The summed E-state index contributed by atoms with van der Waals surface area (Å²) in [5, 5.41) is 10.3. The number of rotatable bonds is 6. The summed E-state index contributed by atoms with van der Waals surface area (Å²) in [5.41, 5.74) is 1.06. The Balaban J connectivity index is 1.72. The van der Waals surface area contributed by atoms with Crippen molar-refractivity contribution in [2.75, 3.05) is 0 Å². The Kier molecular flexibility index (Phi) is 4.85. The van der Waals surface area contributed by atoms with E-state index in [2.05, 4.69) is 6.58 Å². The van der Waals surface area contributed by atoms with E-state index in [1.165, 1.54) is 0 Å². The summed E-state index contributed by atoms with van der Waals surface area (Å²) in [6.45, 7) is 7.79. The van der Waals surface area contributed by atoms with Crippen LogP contribution in [-0.4, -0.2) is 41.6 Å². The molecular formula is C18H24O5. The Morgan fingerprint density at radius 1 is 1.30 bits per heavy atom. The molecule has 0 radical (unpaired) electrons. The van der Waals surface area contributed by atoms with E-state index < -0.39 is 30.4 Å². The lowest BCUT2D eigenvalue weighted by Crippen LogP contribution is -2.42. The summed E-state index contributed by atoms with van der Waals surface area (Å²) < 4.78 is 23.6. The lowest BCUT2D eigenvalue weighted by Gasteiger charge is -2.28. The largest absolute Gasteiger partial charge is 0.390 e. The molecule has 0 unspecified atom stereocenters. The Bertz CT molecular complexity index is 529. The number of aliphatic hydroxyl groups excluding tert-OH is 1. The van der Waals surface area contributed by atoms with Gasteiger partial charge in [0.25, 0.3) is 0 Å². The highest BCUT2D eigenvalue weighted by atomic mass is 16.8. The maximum absolute atomic E-state index is 10.3. The van der Waals surface area contributed by atoms with E-state index in [0.29, 0.717) is 13.0 Å². The number of benzene rings is 1. The maximum atomic E-state index is 10.3. The Hall–Kier alpha value is -1.24. The van der Waals surface area contributed by atoms with Gasteiger partial charge in [0.1, 0.15) is 18.3 Å². The van der Waals surface area contributed by atoms with Crippen LogP contribution < -0.4 is 0 Å². The number of fused-ring (bicyclic) bond motifs is 1. The van der Waals surface area contributed by atoms with Crippen molar-refractivity contribution < 1.29 is 24.1 Å². The van der Waals surface area contributed by atoms with Crippen molar-refractivity contribution in [2.45, 2.75) is 63.4 Å². The summed E-state index contributed by atoms with van der Waals surface area (Å²) in [6, 6.07) is 9.89. The molecule has 2 aliphatic rings. The van der Waals surface area contributed by atoms with Gasteiger partial charge < -0.3 is 24.1 Å². The summed E-state index contributed by atoms with van der Waals surface area (Å²) in [6.07, 6.45) is -0.358. The van der Waals surface area contributed by atoms with Crippen LogP contribution >= 0.6 is 0 Å². The van der Waals surface area contributed by atoms with Crippen LogP contribution in [0.1, 0.15) is 25.8 Å². The molecular weight excluding hydrogens is 296 g/mol. The van der Waals surface area contributed by atoms with Crippen molar-refractivity contribution in [2.24, 2.45) is 0 Å². The SMILES string of the molecule is C=CC[C@H](O)[C@H]1O[C@@H]2OC(C)(C)O[C@@H]2[C@H]1OCc1ccccc1. The maximum Gasteiger partial charge on any atom is 0.190 e. The lowest BCUT2D eigenvalue weighted by molar-refractivity contribution is -0.230. The zero-order valence-corrected chi connectivity index (χ0v) is 13.6. The van der Waals surface area contributed by atoms with E-state index in [1.54, 1.807) is 6.08 Å². The van der Waals surface area contributed by atoms with E-state index in [4.69, 9.17) is 18.9 Å². The van der Waals surface area contributed by atoms with Gasteiger partial charge in [0.15, 0.2) is 12.1 Å². The highest BCUT2D eigenvalue weighted by Crippen LogP contribution is 2.40. The van der Waals surface area contributed by atoms with Gasteiger partial charge in [-0.15, -0.1) is 6.58 Å². The highest BCUT2D eigenvalue weighted by molar-refractivity contribution is 5.13. The Morgan fingerprint density at radius 3 is 2.74 bits per heavy atom. The van der Waals surface area contributed by atoms with Gasteiger partial charge in [-0.2, -0.15) is 0 Å². The molecule has 3 rings (SSSR count). The highest BCUT2D eigenvalue weighted by Gasteiger charge is 2.56. The molecule has 0 bridgehead atoms. The molecule has 2 aliphatic heterocycles. The second-order valence-electron chi connectivity index (χ2n) is 6.42. The topological polar surface area (TPSA) is 57.2 Å². The van der Waals surface area contributed by atoms with Gasteiger partial charge >= 0.3 is 0 Å². The van der Waals surface area contributed by atoms with Crippen LogP contribution in [0.5, 0.6) is 0 Å². The molecule has 0 aliphatic carbocycles. The molecule has 1 N–H and O–H groups in total. The standard InChI is InChI=1S/C18H24O5/c1-4-8-13(19)14-15(20-11-12-9-6-5-7-10-12)16-17(21-14)23-18(2,3)22-16/h4-7,9-10,13-17,19H,1,8,11H2,2-3H3/t13-,14+,15-,16+,17+/m0/s1. The van der Waals surface area contributed by atoms with Crippen molar-refractivity contribution in [3.05, 3.63) is 48.6 Å². The Labute approximate surface area is 136 Å². The first-order valence-corrected chi connectivity index (χ1v) is 7.96. The van der Waals surface area contributed by atoms with Crippen molar-refractivity contribution in [1.29, 1.82) is 0 Å². The Morgan fingerprint density at radius 2 is 2.04 bits per heavy atom. The van der Waals surface area contributed by atoms with Crippen LogP contribution in [0.4, 0.5) is 0 Å². The molecule has 23 heavy (non-hydrogen) atoms. The molecule has 5 atom stereocenters. The fraction of sp³-hybridized carbons (Fsp3) is 0.556. The van der Waals surface area contributed by atoms with Crippen LogP contribution in [0.15, 0.2) is 43.0 Å². The molecule has 2 saturated heterocycles. The number of ether oxygens (including phenoxy) is 4. The summed E-state index contributed by atoms with van der Waals surface area (Å²) >= 11 is 0. The van der Waals surface area contributed by atoms with E-state index >= 15 is 0 Å². The molecule has 0 amide bonds. The number of aliphatic hydroxyl groups is 1. The first kappa shape index (κ1) is 16.6. The van der Waals surface area contributed by atoms with Gasteiger partial charge in [-0.25, -0.2) is 0 Å². The van der Waals surface area contributed by atoms with Crippen LogP contribution in [0.2, 0.25) is 0 Å². The van der Waals surface area contributed by atoms with Crippen molar-refractivity contribution in [3.8, 4) is 0 Å². The van der Waals surface area contributed by atoms with Crippen LogP contribution in [0, 0.1) is 0 Å². The van der Waals surface area contributed by atoms with Crippen LogP contribution in [0.25, 0.3) is 0 Å². The molecule has 0 aromatic heterocycles. The third-order valence-corrected chi connectivity index (χ3v) is 4.10. The fourth-order valence-electron chi connectivity index (χ4n) is 3.08. The molecule has 2 fully saturated rings. The average Bonchev–Trinajstić information content (AvgIpc) is 2.98. The predicted octanol–water partition coefficient (Wildman–Crippen LogP) is 2.39. The number of hydrogen-bond acceptors (Lipinski definition) is 5. The van der Waals surface area contributed by atoms with Gasteiger partial charge in [-0.05, 0) is 25.8 Å². The van der Waals surface area contributed by atoms with Crippen molar-refractivity contribution in [3.63, 3.8) is 0 Å². The van der Waals surface area contributed by atoms with Gasteiger partial charge in [0.05, 0.1) is 12.7 Å². The van der Waals surface area contributed by atoms with E-state index in [0.717, 1.165) is 5.56 Å². The summed E-state index contributed by atoms with van der Waals surface area (Å²) in [5.74, 6) is -0.710.